The summed E-state index contributed by atoms with van der Waals surface area (Å²) in [6.07, 6.45) is 2.35. The van der Waals surface area contributed by atoms with Gasteiger partial charge in [-0.25, -0.2) is 0 Å². The van der Waals surface area contributed by atoms with Crippen molar-refractivity contribution in [2.24, 2.45) is 11.1 Å². The third-order valence-electron chi connectivity index (χ3n) is 5.16. The van der Waals surface area contributed by atoms with E-state index in [4.69, 9.17) is 32.8 Å². The van der Waals surface area contributed by atoms with Crippen LogP contribution in [0.25, 0.3) is 0 Å². The molecule has 1 amide bonds. The van der Waals surface area contributed by atoms with E-state index < -0.39 is 0 Å². The first-order valence-corrected chi connectivity index (χ1v) is 10.4. The lowest BCUT2D eigenvalue weighted by atomic mass is 10.0. The van der Waals surface area contributed by atoms with Crippen molar-refractivity contribution in [2.45, 2.75) is 31.9 Å². The van der Waals surface area contributed by atoms with Gasteiger partial charge < -0.3 is 14.5 Å². The summed E-state index contributed by atoms with van der Waals surface area (Å²) in [5.41, 5.74) is 2.73. The summed E-state index contributed by atoms with van der Waals surface area (Å²) in [4.78, 5) is 20.4. The molecule has 5 nitrogen and oxygen atoms in total. The molecule has 0 aromatic heterocycles. The minimum Gasteiger partial charge on any atom is -0.497 e. The van der Waals surface area contributed by atoms with E-state index in [-0.39, 0.29) is 17.9 Å². The van der Waals surface area contributed by atoms with Crippen LogP contribution in [-0.4, -0.2) is 36.3 Å². The lowest BCUT2D eigenvalue weighted by Crippen LogP contribution is -2.38. The quantitative estimate of drug-likeness (QED) is 0.622. The fourth-order valence-electron chi connectivity index (χ4n) is 3.43. The highest BCUT2D eigenvalue weighted by molar-refractivity contribution is 6.42. The van der Waals surface area contributed by atoms with E-state index in [1.165, 1.54) is 0 Å². The number of carbonyl (C=O) groups excluding carboxylic acids is 1. The maximum atomic E-state index is 12.9. The lowest BCUT2D eigenvalue weighted by molar-refractivity contribution is -0.135. The van der Waals surface area contributed by atoms with E-state index in [1.807, 2.05) is 35.2 Å². The summed E-state index contributed by atoms with van der Waals surface area (Å²) in [6.45, 7) is 1.01. The van der Waals surface area contributed by atoms with Gasteiger partial charge in [0.25, 0.3) is 0 Å². The maximum Gasteiger partial charge on any atom is 0.226 e. The molecule has 0 saturated heterocycles. The van der Waals surface area contributed by atoms with Crippen molar-refractivity contribution in [2.75, 3.05) is 13.7 Å². The molecule has 1 aliphatic heterocycles. The Morgan fingerprint density at radius 3 is 2.76 bits per heavy atom. The van der Waals surface area contributed by atoms with Crippen molar-refractivity contribution in [1.29, 1.82) is 0 Å². The minimum atomic E-state index is -0.187. The fraction of sp³-hybridized carbons (Fsp3) is 0.364. The van der Waals surface area contributed by atoms with Crippen LogP contribution in [0.2, 0.25) is 10.0 Å². The van der Waals surface area contributed by atoms with Crippen molar-refractivity contribution >= 4 is 34.8 Å². The van der Waals surface area contributed by atoms with E-state index in [0.29, 0.717) is 29.6 Å². The predicted molar refractivity (Wildman–Crippen MR) is 114 cm³/mol. The van der Waals surface area contributed by atoms with Gasteiger partial charge in [-0.15, -0.1) is 0 Å². The molecule has 1 aliphatic carbocycles. The smallest absolute Gasteiger partial charge is 0.226 e. The van der Waals surface area contributed by atoms with E-state index >= 15 is 0 Å². The number of amides is 1. The number of benzene rings is 2. The number of halogens is 2. The molecule has 2 aliphatic rings. The highest BCUT2D eigenvalue weighted by atomic mass is 35.5. The molecule has 4 rings (SSSR count). The largest absolute Gasteiger partial charge is 0.497 e. The number of oxime groups is 1. The van der Waals surface area contributed by atoms with Gasteiger partial charge in [-0.2, -0.15) is 0 Å². The number of hydrogen-bond donors (Lipinski definition) is 0. The predicted octanol–water partition coefficient (Wildman–Crippen LogP) is 4.93. The monoisotopic (exact) mass is 432 g/mol. The zero-order valence-electron chi connectivity index (χ0n) is 16.1. The van der Waals surface area contributed by atoms with Crippen molar-refractivity contribution < 1.29 is 14.4 Å². The van der Waals surface area contributed by atoms with Gasteiger partial charge in [-0.3, -0.25) is 4.79 Å². The van der Waals surface area contributed by atoms with Crippen LogP contribution in [0, 0.1) is 5.92 Å². The van der Waals surface area contributed by atoms with E-state index in [2.05, 4.69) is 5.16 Å². The Morgan fingerprint density at radius 1 is 1.21 bits per heavy atom. The van der Waals surface area contributed by atoms with Crippen molar-refractivity contribution in [3.8, 4) is 5.75 Å². The van der Waals surface area contributed by atoms with Crippen molar-refractivity contribution in [3.63, 3.8) is 0 Å². The number of ether oxygens (including phenoxy) is 1. The molecular weight excluding hydrogens is 411 g/mol. The van der Waals surface area contributed by atoms with Crippen LogP contribution >= 0.6 is 23.2 Å². The molecule has 0 spiro atoms. The summed E-state index contributed by atoms with van der Waals surface area (Å²) in [7, 11) is 1.64. The maximum absolute atomic E-state index is 12.9. The molecule has 1 heterocycles. The van der Waals surface area contributed by atoms with E-state index in [9.17, 15) is 4.79 Å². The molecule has 29 heavy (non-hydrogen) atoms. The molecule has 1 saturated carbocycles. The summed E-state index contributed by atoms with van der Waals surface area (Å²) in [5, 5.41) is 5.21. The Morgan fingerprint density at radius 2 is 2.03 bits per heavy atom. The molecule has 0 unspecified atom stereocenters. The minimum absolute atomic E-state index is 0.137. The zero-order chi connectivity index (χ0) is 20.4. The molecule has 2 aromatic rings. The summed E-state index contributed by atoms with van der Waals surface area (Å²) >= 11 is 12.1. The molecule has 1 atom stereocenters. The molecule has 1 fully saturated rings. The number of methoxy groups -OCH3 is 1. The second-order valence-electron chi connectivity index (χ2n) is 7.44. The molecule has 7 heteroatoms. The topological polar surface area (TPSA) is 51.1 Å². The number of rotatable bonds is 7. The van der Waals surface area contributed by atoms with Gasteiger partial charge in [0, 0.05) is 24.4 Å². The molecular formula is C22H22Cl2N2O3. The molecule has 2 aromatic carbocycles. The first kappa shape index (κ1) is 20.0. The van der Waals surface area contributed by atoms with Crippen LogP contribution in [0.5, 0.6) is 5.75 Å². The van der Waals surface area contributed by atoms with Gasteiger partial charge in [0.1, 0.15) is 5.75 Å². The second-order valence-corrected chi connectivity index (χ2v) is 8.26. The van der Waals surface area contributed by atoms with Crippen molar-refractivity contribution in [3.05, 3.63) is 63.6 Å². The summed E-state index contributed by atoms with van der Waals surface area (Å²) in [6, 6.07) is 13.2. The van der Waals surface area contributed by atoms with Gasteiger partial charge in [-0.05, 0) is 42.7 Å². The molecule has 152 valence electrons. The van der Waals surface area contributed by atoms with Gasteiger partial charge in [0.2, 0.25) is 5.91 Å². The second kappa shape index (κ2) is 8.64. The molecule has 0 N–H and O–H groups in total. The fourth-order valence-corrected chi connectivity index (χ4v) is 3.73. The normalized spacial score (nSPS) is 18.2. The standard InChI is InChI=1S/C22H22Cl2N2O3/c1-28-17-4-2-3-14(9-17)12-26(22(27)15-5-6-15)13-18-11-21(25-29-18)16-7-8-19(23)20(24)10-16/h2-4,7-10,15,18H,5-6,11-13H2,1H3/t18-/m1/s1. The van der Waals surface area contributed by atoms with Crippen LogP contribution in [0.4, 0.5) is 0 Å². The van der Waals surface area contributed by atoms with E-state index in [1.54, 1.807) is 19.2 Å². The average Bonchev–Trinajstić information content (AvgIpc) is 3.48. The highest BCUT2D eigenvalue weighted by Crippen LogP contribution is 2.32. The average molecular weight is 433 g/mol. The van der Waals surface area contributed by atoms with Gasteiger partial charge in [0.05, 0.1) is 29.4 Å². The van der Waals surface area contributed by atoms with Crippen LogP contribution in [-0.2, 0) is 16.2 Å². The summed E-state index contributed by atoms with van der Waals surface area (Å²) in [5.74, 6) is 1.10. The van der Waals surface area contributed by atoms with Crippen LogP contribution < -0.4 is 4.74 Å². The number of nitrogens with zero attached hydrogens (tertiary/aromatic N) is 2. The van der Waals surface area contributed by atoms with Gasteiger partial charge >= 0.3 is 0 Å². The molecule has 0 radical (unpaired) electrons. The summed E-state index contributed by atoms with van der Waals surface area (Å²) < 4.78 is 5.30. The third kappa shape index (κ3) is 4.85. The Labute approximate surface area is 180 Å². The van der Waals surface area contributed by atoms with Crippen LogP contribution in [0.1, 0.15) is 30.4 Å². The lowest BCUT2D eigenvalue weighted by Gasteiger charge is -2.25. The first-order chi connectivity index (χ1) is 14.0. The molecule has 0 bridgehead atoms. The highest BCUT2D eigenvalue weighted by Gasteiger charge is 2.35. The van der Waals surface area contributed by atoms with E-state index in [0.717, 1.165) is 35.4 Å². The third-order valence-corrected chi connectivity index (χ3v) is 5.89. The Hall–Kier alpha value is -2.24. The van der Waals surface area contributed by atoms with Crippen LogP contribution in [0.15, 0.2) is 47.6 Å². The zero-order valence-corrected chi connectivity index (χ0v) is 17.6. The van der Waals surface area contributed by atoms with Crippen LogP contribution in [0.3, 0.4) is 0 Å². The first-order valence-electron chi connectivity index (χ1n) is 9.63. The van der Waals surface area contributed by atoms with Gasteiger partial charge in [-0.1, -0.05) is 46.6 Å². The van der Waals surface area contributed by atoms with Crippen molar-refractivity contribution in [1.82, 2.24) is 4.90 Å². The number of hydrogen-bond acceptors (Lipinski definition) is 4. The number of carbonyl (C=O) groups is 1. The van der Waals surface area contributed by atoms with Gasteiger partial charge in [0.15, 0.2) is 6.10 Å². The Kier molecular flexibility index (Phi) is 5.97. The Bertz CT molecular complexity index is 943. The SMILES string of the molecule is COc1cccc(CN(C[C@H]2CC(c3ccc(Cl)c(Cl)c3)=NO2)C(=O)C2CC2)c1. The Balaban J connectivity index is 1.44.